The van der Waals surface area contributed by atoms with E-state index in [0.29, 0.717) is 0 Å². The minimum absolute atomic E-state index is 1.50. The van der Waals surface area contributed by atoms with Crippen molar-refractivity contribution in [2.24, 2.45) is 0 Å². The Morgan fingerprint density at radius 1 is 1.00 bits per heavy atom. The monoisotopic (exact) mass is 128 g/mol. The molecule has 1 aliphatic rings. The highest BCUT2D eigenvalue weighted by Gasteiger charge is 1.95. The topological polar surface area (TPSA) is 0 Å². The van der Waals surface area contributed by atoms with Crippen molar-refractivity contribution < 1.29 is 0 Å². The summed E-state index contributed by atoms with van der Waals surface area (Å²) in [5.41, 5.74) is 0. The van der Waals surface area contributed by atoms with Crippen LogP contribution in [0.1, 0.15) is 46.5 Å². The third-order valence-electron chi connectivity index (χ3n) is 1.000. The molecule has 0 aromatic carbocycles. The first kappa shape index (κ1) is 11.5. The first-order valence-corrected chi connectivity index (χ1v) is 3.99. The predicted octanol–water partition coefficient (Wildman–Crippen LogP) is 3.78. The van der Waals surface area contributed by atoms with Crippen LogP contribution in [-0.4, -0.2) is 0 Å². The molecule has 56 valence electrons. The molecule has 1 fully saturated rings. The van der Waals surface area contributed by atoms with E-state index >= 15 is 0 Å². The largest absolute Gasteiger partial charge is 0.103 e. The number of hydrogen-bond donors (Lipinski definition) is 0. The summed E-state index contributed by atoms with van der Waals surface area (Å²) in [6.45, 7) is 9.25. The highest BCUT2D eigenvalue weighted by atomic mass is 14.0. The maximum absolute atomic E-state index is 3.36. The molecule has 0 amide bonds. The molecule has 0 spiro atoms. The zero-order chi connectivity index (χ0) is 7.54. The number of rotatable bonds is 0. The maximum Gasteiger partial charge on any atom is -0.0473 e. The zero-order valence-electron chi connectivity index (χ0n) is 7.11. The summed E-state index contributed by atoms with van der Waals surface area (Å²) in [4.78, 5) is 0. The minimum atomic E-state index is 1.50. The summed E-state index contributed by atoms with van der Waals surface area (Å²) >= 11 is 0. The van der Waals surface area contributed by atoms with Gasteiger partial charge in [-0.05, 0) is 6.92 Å². The lowest BCUT2D eigenvalue weighted by atomic mass is 10.0. The van der Waals surface area contributed by atoms with Gasteiger partial charge in [0.2, 0.25) is 0 Å². The van der Waals surface area contributed by atoms with E-state index in [-0.39, 0.29) is 0 Å². The van der Waals surface area contributed by atoms with Gasteiger partial charge >= 0.3 is 0 Å². The molecule has 1 rings (SSSR count). The molecular weight excluding hydrogens is 108 g/mol. The van der Waals surface area contributed by atoms with Crippen LogP contribution in [0.2, 0.25) is 0 Å². The molecule has 0 heterocycles. The quantitative estimate of drug-likeness (QED) is 0.435. The fourth-order valence-corrected chi connectivity index (χ4v) is 0.250. The molecule has 1 aliphatic carbocycles. The predicted molar refractivity (Wildman–Crippen MR) is 45.7 cm³/mol. The van der Waals surface area contributed by atoms with Gasteiger partial charge in [-0.25, -0.2) is 0 Å². The second-order valence-corrected chi connectivity index (χ2v) is 1.82. The van der Waals surface area contributed by atoms with Gasteiger partial charge in [0.25, 0.3) is 0 Å². The lowest BCUT2D eigenvalue weighted by Gasteiger charge is -2.05. The average molecular weight is 128 g/mol. The third kappa shape index (κ3) is 18.2. The first-order chi connectivity index (χ1) is 4.41. The Balaban J connectivity index is 0. The summed E-state index contributed by atoms with van der Waals surface area (Å²) in [5.74, 6) is 0. The molecule has 0 N–H and O–H groups in total. The zero-order valence-corrected chi connectivity index (χ0v) is 7.11. The van der Waals surface area contributed by atoms with Crippen molar-refractivity contribution in [3.63, 3.8) is 0 Å². The van der Waals surface area contributed by atoms with Crippen LogP contribution in [0.5, 0.6) is 0 Å². The van der Waals surface area contributed by atoms with Gasteiger partial charge in [-0.2, -0.15) is 0 Å². The fourth-order valence-electron chi connectivity index (χ4n) is 0.250. The Hall–Kier alpha value is -0.260. The molecule has 0 saturated heterocycles. The summed E-state index contributed by atoms with van der Waals surface area (Å²) in [6, 6.07) is 0. The Labute approximate surface area is 60.0 Å². The van der Waals surface area contributed by atoms with Crippen LogP contribution in [0.4, 0.5) is 0 Å². The Morgan fingerprint density at radius 3 is 1.11 bits per heavy atom. The van der Waals surface area contributed by atoms with E-state index < -0.39 is 0 Å². The SMILES string of the molecule is C1CCC1.C=CC.CC. The molecular formula is C9H20. The first-order valence-electron chi connectivity index (χ1n) is 3.99. The van der Waals surface area contributed by atoms with Crippen molar-refractivity contribution in [1.29, 1.82) is 0 Å². The molecule has 0 nitrogen and oxygen atoms in total. The van der Waals surface area contributed by atoms with Gasteiger partial charge < -0.3 is 0 Å². The van der Waals surface area contributed by atoms with Crippen molar-refractivity contribution in [3.8, 4) is 0 Å². The van der Waals surface area contributed by atoms with Crippen molar-refractivity contribution in [1.82, 2.24) is 0 Å². The molecule has 0 atom stereocenters. The van der Waals surface area contributed by atoms with E-state index in [2.05, 4.69) is 6.58 Å². The van der Waals surface area contributed by atoms with Crippen LogP contribution in [-0.2, 0) is 0 Å². The average Bonchev–Trinajstić information content (AvgIpc) is 1.68. The second kappa shape index (κ2) is 15.6. The van der Waals surface area contributed by atoms with Crippen LogP contribution >= 0.6 is 0 Å². The van der Waals surface area contributed by atoms with Gasteiger partial charge in [-0.3, -0.25) is 0 Å². The summed E-state index contributed by atoms with van der Waals surface area (Å²) in [5, 5.41) is 0. The summed E-state index contributed by atoms with van der Waals surface area (Å²) in [7, 11) is 0. The van der Waals surface area contributed by atoms with Crippen LogP contribution < -0.4 is 0 Å². The van der Waals surface area contributed by atoms with Gasteiger partial charge in [0, 0.05) is 0 Å². The van der Waals surface area contributed by atoms with Gasteiger partial charge in [0.05, 0.1) is 0 Å². The summed E-state index contributed by atoms with van der Waals surface area (Å²) in [6.07, 6.45) is 7.75. The lowest BCUT2D eigenvalue weighted by molar-refractivity contribution is 0.504. The van der Waals surface area contributed by atoms with Gasteiger partial charge in [-0.1, -0.05) is 45.6 Å². The van der Waals surface area contributed by atoms with Crippen molar-refractivity contribution in [2.45, 2.75) is 46.5 Å². The Kier molecular flexibility index (Phi) is 20.0. The molecule has 0 aromatic rings. The highest BCUT2D eigenvalue weighted by Crippen LogP contribution is 2.15. The Bertz CT molecular complexity index is 29.3. The van der Waals surface area contributed by atoms with Crippen molar-refractivity contribution in [2.75, 3.05) is 0 Å². The Morgan fingerprint density at radius 2 is 1.11 bits per heavy atom. The normalized spacial score (nSPS) is 12.8. The molecule has 0 radical (unpaired) electrons. The van der Waals surface area contributed by atoms with E-state index in [1.807, 2.05) is 20.8 Å². The summed E-state index contributed by atoms with van der Waals surface area (Å²) < 4.78 is 0. The molecule has 0 aromatic heterocycles. The number of allylic oxidation sites excluding steroid dienone is 1. The maximum atomic E-state index is 3.36. The third-order valence-corrected chi connectivity index (χ3v) is 1.000. The van der Waals surface area contributed by atoms with Gasteiger partial charge in [0.1, 0.15) is 0 Å². The second-order valence-electron chi connectivity index (χ2n) is 1.82. The van der Waals surface area contributed by atoms with Crippen LogP contribution in [0.15, 0.2) is 12.7 Å². The van der Waals surface area contributed by atoms with E-state index in [0.717, 1.165) is 0 Å². The molecule has 0 unspecified atom stereocenters. The highest BCUT2D eigenvalue weighted by molar-refractivity contribution is 4.51. The molecule has 9 heavy (non-hydrogen) atoms. The molecule has 0 aliphatic heterocycles. The smallest absolute Gasteiger partial charge is 0.0473 e. The van der Waals surface area contributed by atoms with E-state index in [9.17, 15) is 0 Å². The van der Waals surface area contributed by atoms with Gasteiger partial charge in [-0.15, -0.1) is 6.58 Å². The lowest BCUT2D eigenvalue weighted by Crippen LogP contribution is -1.85. The standard InChI is InChI=1S/C4H8.C3H6.C2H6/c1-2-4-3-1;1-3-2;1-2/h1-4H2;3H,1H2,2H3;1-2H3. The van der Waals surface area contributed by atoms with Crippen LogP contribution in [0.3, 0.4) is 0 Å². The van der Waals surface area contributed by atoms with Crippen molar-refractivity contribution >= 4 is 0 Å². The van der Waals surface area contributed by atoms with Crippen LogP contribution in [0.25, 0.3) is 0 Å². The molecule has 1 saturated carbocycles. The minimum Gasteiger partial charge on any atom is -0.103 e. The molecule has 0 bridgehead atoms. The van der Waals surface area contributed by atoms with Crippen molar-refractivity contribution in [3.05, 3.63) is 12.7 Å². The van der Waals surface area contributed by atoms with E-state index in [1.165, 1.54) is 25.7 Å². The number of hydrogen-bond acceptors (Lipinski definition) is 0. The van der Waals surface area contributed by atoms with E-state index in [1.54, 1.807) is 6.08 Å². The van der Waals surface area contributed by atoms with Crippen LogP contribution in [0, 0.1) is 0 Å². The van der Waals surface area contributed by atoms with Gasteiger partial charge in [0.15, 0.2) is 0 Å². The molecule has 0 heteroatoms. The fraction of sp³-hybridized carbons (Fsp3) is 0.778. The van der Waals surface area contributed by atoms with E-state index in [4.69, 9.17) is 0 Å².